The van der Waals surface area contributed by atoms with Gasteiger partial charge in [0, 0.05) is 10.9 Å². The van der Waals surface area contributed by atoms with Crippen LogP contribution in [0.25, 0.3) is 11.0 Å². The highest BCUT2D eigenvalue weighted by Gasteiger charge is 2.16. The Bertz CT molecular complexity index is 488. The van der Waals surface area contributed by atoms with Crippen molar-refractivity contribution in [3.63, 3.8) is 0 Å². The number of benzene rings is 1. The quantitative estimate of drug-likeness (QED) is 0.900. The molecule has 1 aromatic heterocycles. The van der Waals surface area contributed by atoms with E-state index in [4.69, 9.17) is 10.2 Å². The topological polar surface area (TPSA) is 39.2 Å². The predicted molar refractivity (Wildman–Crippen MR) is 65.9 cm³/mol. The van der Waals surface area contributed by atoms with Gasteiger partial charge in [-0.15, -0.1) is 0 Å². The molecule has 0 bridgehead atoms. The molecule has 2 rings (SSSR count). The molecule has 0 radical (unpaired) electrons. The van der Waals surface area contributed by atoms with E-state index in [9.17, 15) is 0 Å². The molecule has 0 spiro atoms. The van der Waals surface area contributed by atoms with Crippen LogP contribution in [0.5, 0.6) is 0 Å². The van der Waals surface area contributed by atoms with Crippen LogP contribution in [0.1, 0.15) is 31.1 Å². The van der Waals surface area contributed by atoms with E-state index in [1.807, 2.05) is 12.1 Å². The maximum atomic E-state index is 5.77. The van der Waals surface area contributed by atoms with Crippen LogP contribution in [0.2, 0.25) is 0 Å². The lowest BCUT2D eigenvalue weighted by molar-refractivity contribution is 0.540. The van der Waals surface area contributed by atoms with E-state index in [1.165, 1.54) is 10.9 Å². The Kier molecular flexibility index (Phi) is 2.85. The van der Waals surface area contributed by atoms with Gasteiger partial charge in [-0.1, -0.05) is 26.0 Å². The zero-order valence-corrected chi connectivity index (χ0v) is 10.5. The van der Waals surface area contributed by atoms with E-state index < -0.39 is 0 Å². The highest BCUT2D eigenvalue weighted by molar-refractivity contribution is 9.10. The second-order valence-electron chi connectivity index (χ2n) is 3.91. The van der Waals surface area contributed by atoms with Crippen LogP contribution in [0, 0.1) is 0 Å². The smallest absolute Gasteiger partial charge is 0.148 e. The van der Waals surface area contributed by atoms with Crippen LogP contribution in [0.3, 0.4) is 0 Å². The van der Waals surface area contributed by atoms with Crippen LogP contribution in [-0.2, 0) is 6.54 Å². The SMILES string of the molecule is CC(C)c1c(CN)oc2c(Br)cccc12. The number of rotatable bonds is 2. The number of furan rings is 1. The fourth-order valence-corrected chi connectivity index (χ4v) is 2.38. The number of hydrogen-bond acceptors (Lipinski definition) is 2. The molecule has 0 aliphatic carbocycles. The molecule has 0 amide bonds. The molecule has 0 saturated heterocycles. The lowest BCUT2D eigenvalue weighted by Crippen LogP contribution is -1.99. The minimum Gasteiger partial charge on any atom is -0.458 e. The van der Waals surface area contributed by atoms with Gasteiger partial charge >= 0.3 is 0 Å². The molecule has 0 saturated carbocycles. The molecule has 0 unspecified atom stereocenters. The van der Waals surface area contributed by atoms with Crippen LogP contribution in [0.15, 0.2) is 27.1 Å². The van der Waals surface area contributed by atoms with Crippen molar-refractivity contribution >= 4 is 26.9 Å². The summed E-state index contributed by atoms with van der Waals surface area (Å²) in [6.45, 7) is 4.77. The zero-order valence-electron chi connectivity index (χ0n) is 8.88. The Hall–Kier alpha value is -0.800. The van der Waals surface area contributed by atoms with Gasteiger partial charge in [-0.2, -0.15) is 0 Å². The van der Waals surface area contributed by atoms with Gasteiger partial charge in [0.2, 0.25) is 0 Å². The maximum absolute atomic E-state index is 5.77. The highest BCUT2D eigenvalue weighted by atomic mass is 79.9. The van der Waals surface area contributed by atoms with Crippen molar-refractivity contribution in [2.45, 2.75) is 26.3 Å². The summed E-state index contributed by atoms with van der Waals surface area (Å²) in [5, 5.41) is 1.17. The molecule has 3 heteroatoms. The highest BCUT2D eigenvalue weighted by Crippen LogP contribution is 2.35. The Morgan fingerprint density at radius 3 is 2.73 bits per heavy atom. The summed E-state index contributed by atoms with van der Waals surface area (Å²) < 4.78 is 6.76. The molecule has 2 aromatic rings. The van der Waals surface area contributed by atoms with Gasteiger partial charge < -0.3 is 10.2 Å². The van der Waals surface area contributed by atoms with Gasteiger partial charge in [0.05, 0.1) is 11.0 Å². The van der Waals surface area contributed by atoms with Crippen molar-refractivity contribution in [2.75, 3.05) is 0 Å². The normalized spacial score (nSPS) is 11.5. The molecule has 0 aliphatic heterocycles. The first-order valence-corrected chi connectivity index (χ1v) is 5.84. The molecule has 0 atom stereocenters. The third-order valence-electron chi connectivity index (χ3n) is 2.55. The standard InChI is InChI=1S/C12H14BrNO/c1-7(2)11-8-4-3-5-9(13)12(8)15-10(11)6-14/h3-5,7H,6,14H2,1-2H3. The fraction of sp³-hybridized carbons (Fsp3) is 0.333. The second kappa shape index (κ2) is 3.99. The number of hydrogen-bond donors (Lipinski definition) is 1. The van der Waals surface area contributed by atoms with E-state index in [-0.39, 0.29) is 0 Å². The lowest BCUT2D eigenvalue weighted by Gasteiger charge is -2.04. The van der Waals surface area contributed by atoms with Gasteiger partial charge in [0.25, 0.3) is 0 Å². The summed E-state index contributed by atoms with van der Waals surface area (Å²) in [4.78, 5) is 0. The van der Waals surface area contributed by atoms with Crippen molar-refractivity contribution in [1.29, 1.82) is 0 Å². The van der Waals surface area contributed by atoms with Crippen LogP contribution in [-0.4, -0.2) is 0 Å². The van der Waals surface area contributed by atoms with E-state index in [1.54, 1.807) is 0 Å². The Morgan fingerprint density at radius 1 is 1.40 bits per heavy atom. The first kappa shape index (κ1) is 10.7. The fourth-order valence-electron chi connectivity index (χ4n) is 1.94. The summed E-state index contributed by atoms with van der Waals surface area (Å²) in [5.41, 5.74) is 7.83. The third-order valence-corrected chi connectivity index (χ3v) is 3.17. The molecule has 0 aliphatic rings. The largest absolute Gasteiger partial charge is 0.458 e. The van der Waals surface area contributed by atoms with Crippen LogP contribution >= 0.6 is 15.9 Å². The van der Waals surface area contributed by atoms with Gasteiger partial charge in [-0.25, -0.2) is 0 Å². The summed E-state index contributed by atoms with van der Waals surface area (Å²) >= 11 is 3.49. The van der Waals surface area contributed by atoms with Gasteiger partial charge in [-0.3, -0.25) is 0 Å². The Balaban J connectivity index is 2.80. The summed E-state index contributed by atoms with van der Waals surface area (Å²) in [7, 11) is 0. The van der Waals surface area contributed by atoms with E-state index in [0.29, 0.717) is 12.5 Å². The number of fused-ring (bicyclic) bond motifs is 1. The summed E-state index contributed by atoms with van der Waals surface area (Å²) in [6, 6.07) is 6.09. The van der Waals surface area contributed by atoms with Crippen molar-refractivity contribution in [1.82, 2.24) is 0 Å². The molecule has 2 nitrogen and oxygen atoms in total. The van der Waals surface area contributed by atoms with Crippen molar-refractivity contribution in [3.8, 4) is 0 Å². The molecule has 2 N–H and O–H groups in total. The second-order valence-corrected chi connectivity index (χ2v) is 4.77. The van der Waals surface area contributed by atoms with Crippen molar-refractivity contribution in [3.05, 3.63) is 34.0 Å². The number of nitrogens with two attached hydrogens (primary N) is 1. The van der Waals surface area contributed by atoms with E-state index >= 15 is 0 Å². The van der Waals surface area contributed by atoms with Crippen molar-refractivity contribution < 1.29 is 4.42 Å². The molecule has 1 heterocycles. The van der Waals surface area contributed by atoms with Gasteiger partial charge in [0.1, 0.15) is 11.3 Å². The number of halogens is 1. The molecular formula is C12H14BrNO. The van der Waals surface area contributed by atoms with E-state index in [2.05, 4.69) is 35.8 Å². The Morgan fingerprint density at radius 2 is 2.13 bits per heavy atom. The third kappa shape index (κ3) is 1.70. The summed E-state index contributed by atoms with van der Waals surface area (Å²) in [6.07, 6.45) is 0. The average molecular weight is 268 g/mol. The Labute approximate surface area is 97.6 Å². The lowest BCUT2D eigenvalue weighted by atomic mass is 9.99. The van der Waals surface area contributed by atoms with Crippen molar-refractivity contribution in [2.24, 2.45) is 5.73 Å². The van der Waals surface area contributed by atoms with Gasteiger partial charge in [0.15, 0.2) is 0 Å². The first-order valence-electron chi connectivity index (χ1n) is 5.05. The molecular weight excluding hydrogens is 254 g/mol. The number of para-hydroxylation sites is 1. The molecule has 80 valence electrons. The molecule has 15 heavy (non-hydrogen) atoms. The zero-order chi connectivity index (χ0) is 11.0. The predicted octanol–water partition coefficient (Wildman–Crippen LogP) is 3.78. The first-order chi connectivity index (χ1) is 7.15. The van der Waals surface area contributed by atoms with Crippen LogP contribution in [0.4, 0.5) is 0 Å². The summed E-state index contributed by atoms with van der Waals surface area (Å²) in [5.74, 6) is 1.32. The monoisotopic (exact) mass is 267 g/mol. The van der Waals surface area contributed by atoms with Crippen LogP contribution < -0.4 is 5.73 Å². The minimum atomic E-state index is 0.430. The molecule has 1 aromatic carbocycles. The molecule has 0 fully saturated rings. The van der Waals surface area contributed by atoms with E-state index in [0.717, 1.165) is 15.8 Å². The maximum Gasteiger partial charge on any atom is 0.148 e. The average Bonchev–Trinajstić information content (AvgIpc) is 2.57. The minimum absolute atomic E-state index is 0.430. The van der Waals surface area contributed by atoms with Gasteiger partial charge in [-0.05, 0) is 27.9 Å².